The molecule has 2 fully saturated rings. The van der Waals surface area contributed by atoms with Crippen molar-refractivity contribution in [3.8, 4) is 0 Å². The second-order valence-electron chi connectivity index (χ2n) is 8.07. The molecule has 144 valence electrons. The lowest BCUT2D eigenvalue weighted by Gasteiger charge is -2.37. The highest BCUT2D eigenvalue weighted by Crippen LogP contribution is 2.37. The van der Waals surface area contributed by atoms with Gasteiger partial charge in [0.25, 0.3) is 0 Å². The molecule has 3 N–H and O–H groups in total. The van der Waals surface area contributed by atoms with E-state index in [9.17, 15) is 0 Å². The number of rotatable bonds is 3. The highest BCUT2D eigenvalue weighted by atomic mass is 15.6. The van der Waals surface area contributed by atoms with E-state index in [-0.39, 0.29) is 0 Å². The number of hydrazone groups is 1. The van der Waals surface area contributed by atoms with E-state index in [0.29, 0.717) is 12.1 Å². The van der Waals surface area contributed by atoms with Crippen molar-refractivity contribution in [3.05, 3.63) is 46.6 Å². The maximum absolute atomic E-state index is 5.02. The maximum atomic E-state index is 5.02. The van der Waals surface area contributed by atoms with Gasteiger partial charge in [-0.3, -0.25) is 15.4 Å². The van der Waals surface area contributed by atoms with E-state index in [2.05, 4.69) is 64.1 Å². The van der Waals surface area contributed by atoms with Gasteiger partial charge in [0.2, 0.25) is 0 Å². The van der Waals surface area contributed by atoms with Crippen molar-refractivity contribution in [2.75, 3.05) is 26.2 Å². The zero-order valence-electron chi connectivity index (χ0n) is 16.4. The van der Waals surface area contributed by atoms with Gasteiger partial charge in [-0.1, -0.05) is 0 Å². The first kappa shape index (κ1) is 16.7. The second-order valence-corrected chi connectivity index (χ2v) is 8.07. The normalized spacial score (nSPS) is 25.0. The molecule has 27 heavy (non-hydrogen) atoms. The standard InChI is InChI=1S/C20H29N7/c1-4-26-18-11-21-22-17-6-5-16-15(20(24-26)19(17)18)12-27(23-16)14-7-9-25(10-8-14)13(2)3/h5-6,11,13-14,21-22,24H,4,7-10,12H2,1-3H3. The second kappa shape index (κ2) is 6.34. The van der Waals surface area contributed by atoms with Crippen LogP contribution in [0.5, 0.6) is 0 Å². The summed E-state index contributed by atoms with van der Waals surface area (Å²) in [6.07, 6.45) is 8.72. The fourth-order valence-corrected chi connectivity index (χ4v) is 4.67. The van der Waals surface area contributed by atoms with Crippen LogP contribution in [0.25, 0.3) is 0 Å². The predicted octanol–water partition coefficient (Wildman–Crippen LogP) is 1.40. The lowest BCUT2D eigenvalue weighted by atomic mass is 10.0. The van der Waals surface area contributed by atoms with Crippen LogP contribution >= 0.6 is 0 Å². The Morgan fingerprint density at radius 1 is 1.22 bits per heavy atom. The van der Waals surface area contributed by atoms with Crippen LogP contribution in [0, 0.1) is 0 Å². The van der Waals surface area contributed by atoms with E-state index in [4.69, 9.17) is 5.10 Å². The van der Waals surface area contributed by atoms with Crippen LogP contribution in [0.1, 0.15) is 33.6 Å². The molecule has 7 nitrogen and oxygen atoms in total. The third-order valence-corrected chi connectivity index (χ3v) is 6.27. The van der Waals surface area contributed by atoms with Gasteiger partial charge in [-0.15, -0.1) is 0 Å². The summed E-state index contributed by atoms with van der Waals surface area (Å²) in [4.78, 5) is 2.58. The van der Waals surface area contributed by atoms with Crippen molar-refractivity contribution in [1.29, 1.82) is 0 Å². The van der Waals surface area contributed by atoms with Gasteiger partial charge in [0, 0.05) is 43.5 Å². The number of allylic oxidation sites excluding steroid dienone is 2. The molecule has 5 aliphatic rings. The smallest absolute Gasteiger partial charge is 0.0904 e. The van der Waals surface area contributed by atoms with E-state index >= 15 is 0 Å². The largest absolute Gasteiger partial charge is 0.306 e. The molecule has 0 aromatic carbocycles. The number of likely N-dealkylation sites (N-methyl/N-ethyl adjacent to an activating group) is 1. The topological polar surface area (TPSA) is 58.2 Å². The van der Waals surface area contributed by atoms with Crippen molar-refractivity contribution in [1.82, 2.24) is 31.2 Å². The molecule has 0 unspecified atom stereocenters. The summed E-state index contributed by atoms with van der Waals surface area (Å²) >= 11 is 0. The van der Waals surface area contributed by atoms with Gasteiger partial charge in [0.05, 0.1) is 34.9 Å². The van der Waals surface area contributed by atoms with Gasteiger partial charge >= 0.3 is 0 Å². The average Bonchev–Trinajstić information content (AvgIpc) is 3.24. The molecule has 1 aliphatic carbocycles. The van der Waals surface area contributed by atoms with Crippen molar-refractivity contribution in [3.63, 3.8) is 0 Å². The highest BCUT2D eigenvalue weighted by Gasteiger charge is 2.38. The molecule has 0 aromatic heterocycles. The monoisotopic (exact) mass is 367 g/mol. The van der Waals surface area contributed by atoms with Crippen LogP contribution in [-0.4, -0.2) is 58.9 Å². The molecule has 0 radical (unpaired) electrons. The Bertz CT molecular complexity index is 793. The summed E-state index contributed by atoms with van der Waals surface area (Å²) in [6.45, 7) is 10.9. The molecule has 0 bridgehead atoms. The molecule has 2 saturated heterocycles. The molecule has 0 amide bonds. The molecular formula is C20H29N7. The van der Waals surface area contributed by atoms with E-state index in [1.807, 2.05) is 6.20 Å². The molecule has 0 saturated carbocycles. The van der Waals surface area contributed by atoms with Gasteiger partial charge in [-0.2, -0.15) is 5.10 Å². The molecular weight excluding hydrogens is 338 g/mol. The van der Waals surface area contributed by atoms with Crippen LogP contribution < -0.4 is 16.3 Å². The Kier molecular flexibility index (Phi) is 3.93. The SMILES string of the molecule is CCN1NC2=C3CN(C4CCN(C(C)C)CC4)N=C3C=CC3=C2C1=CNN3. The highest BCUT2D eigenvalue weighted by molar-refractivity contribution is 6.11. The summed E-state index contributed by atoms with van der Waals surface area (Å²) in [7, 11) is 0. The Labute approximate surface area is 161 Å². The first-order valence-corrected chi connectivity index (χ1v) is 10.2. The minimum Gasteiger partial charge on any atom is -0.306 e. The van der Waals surface area contributed by atoms with Crippen LogP contribution in [0.15, 0.2) is 51.7 Å². The number of hydrogen-bond donors (Lipinski definition) is 3. The number of hydrazine groups is 2. The molecule has 0 atom stereocenters. The van der Waals surface area contributed by atoms with E-state index in [0.717, 1.165) is 24.5 Å². The lowest BCUT2D eigenvalue weighted by Crippen LogP contribution is -2.45. The maximum Gasteiger partial charge on any atom is 0.0904 e. The molecule has 4 heterocycles. The van der Waals surface area contributed by atoms with Crippen LogP contribution in [-0.2, 0) is 0 Å². The summed E-state index contributed by atoms with van der Waals surface area (Å²) in [5.74, 6) is 0. The Morgan fingerprint density at radius 2 is 2.04 bits per heavy atom. The minimum atomic E-state index is 0.541. The van der Waals surface area contributed by atoms with Crippen molar-refractivity contribution >= 4 is 5.71 Å². The van der Waals surface area contributed by atoms with Crippen molar-refractivity contribution in [2.45, 2.75) is 45.7 Å². The minimum absolute atomic E-state index is 0.541. The summed E-state index contributed by atoms with van der Waals surface area (Å²) in [6, 6.07) is 1.18. The van der Waals surface area contributed by atoms with Crippen LogP contribution in [0.3, 0.4) is 0 Å². The first-order valence-electron chi connectivity index (χ1n) is 10.2. The zero-order valence-corrected chi connectivity index (χ0v) is 16.4. The summed E-state index contributed by atoms with van der Waals surface area (Å²) in [5, 5.41) is 9.56. The van der Waals surface area contributed by atoms with Gasteiger partial charge in [0.15, 0.2) is 0 Å². The molecule has 5 rings (SSSR count). The Balaban J connectivity index is 1.42. The van der Waals surface area contributed by atoms with E-state index < -0.39 is 0 Å². The van der Waals surface area contributed by atoms with Crippen LogP contribution in [0.2, 0.25) is 0 Å². The number of fused-ring (bicyclic) bond motifs is 1. The predicted molar refractivity (Wildman–Crippen MR) is 107 cm³/mol. The molecule has 7 heteroatoms. The van der Waals surface area contributed by atoms with E-state index in [1.54, 1.807) is 0 Å². The van der Waals surface area contributed by atoms with Gasteiger partial charge in [-0.05, 0) is 45.8 Å². The molecule has 0 aromatic rings. The number of hydrogen-bond acceptors (Lipinski definition) is 7. The number of nitrogens with one attached hydrogen (secondary N) is 3. The molecule has 4 aliphatic heterocycles. The summed E-state index contributed by atoms with van der Waals surface area (Å²) < 4.78 is 0. The zero-order chi connectivity index (χ0) is 18.5. The van der Waals surface area contributed by atoms with Crippen molar-refractivity contribution in [2.24, 2.45) is 5.10 Å². The van der Waals surface area contributed by atoms with Gasteiger partial charge < -0.3 is 15.8 Å². The fraction of sp³-hybridized carbons (Fsp3) is 0.550. The molecule has 0 spiro atoms. The van der Waals surface area contributed by atoms with Gasteiger partial charge in [-0.25, -0.2) is 0 Å². The third-order valence-electron chi connectivity index (χ3n) is 6.27. The first-order chi connectivity index (χ1) is 13.2. The third kappa shape index (κ3) is 2.64. The quantitative estimate of drug-likeness (QED) is 0.701. The van der Waals surface area contributed by atoms with E-state index in [1.165, 1.54) is 48.5 Å². The fourth-order valence-electron chi connectivity index (χ4n) is 4.67. The lowest BCUT2D eigenvalue weighted by molar-refractivity contribution is 0.104. The summed E-state index contributed by atoms with van der Waals surface area (Å²) in [5.41, 5.74) is 17.2. The Morgan fingerprint density at radius 3 is 2.78 bits per heavy atom. The van der Waals surface area contributed by atoms with Crippen LogP contribution in [0.4, 0.5) is 0 Å². The van der Waals surface area contributed by atoms with Crippen molar-refractivity contribution < 1.29 is 0 Å². The number of nitrogens with zero attached hydrogens (tertiary/aromatic N) is 4. The number of piperidine rings is 1. The average molecular weight is 368 g/mol. The Hall–Kier alpha value is -2.41. The van der Waals surface area contributed by atoms with Gasteiger partial charge in [0.1, 0.15) is 0 Å². The number of likely N-dealkylation sites (tertiary alicyclic amines) is 1.